The van der Waals surface area contributed by atoms with E-state index in [-0.39, 0.29) is 41.4 Å². The second kappa shape index (κ2) is 8.88. The van der Waals surface area contributed by atoms with Gasteiger partial charge in [-0.2, -0.15) is 8.78 Å². The molecule has 1 saturated heterocycles. The predicted octanol–water partition coefficient (Wildman–Crippen LogP) is 2.45. The Morgan fingerprint density at radius 2 is 2.13 bits per heavy atom. The third-order valence-electron chi connectivity index (χ3n) is 3.79. The number of nitrogens with one attached hydrogen (secondary N) is 2. The number of hydrogen-bond donors (Lipinski definition) is 2. The van der Waals surface area contributed by atoms with Gasteiger partial charge in [0.05, 0.1) is 7.11 Å². The van der Waals surface area contributed by atoms with Crippen LogP contribution >= 0.6 is 12.4 Å². The third-order valence-corrected chi connectivity index (χ3v) is 3.79. The van der Waals surface area contributed by atoms with Crippen LogP contribution in [0.2, 0.25) is 0 Å². The highest BCUT2D eigenvalue weighted by atomic mass is 35.5. The van der Waals surface area contributed by atoms with Crippen LogP contribution < -0.4 is 20.1 Å². The molecule has 5 nitrogen and oxygen atoms in total. The standard InChI is InChI=1S/C15H20F2N2O3.ClH/c1-9-5-6-18-8-11(9)19-14(20)10-3-4-12(21-2)13(7-10)22-15(16)17;/h3-4,7,9,11,15,18H,5-6,8H2,1-2H3,(H,19,20);1H. The molecule has 1 amide bonds. The number of ether oxygens (including phenoxy) is 2. The summed E-state index contributed by atoms with van der Waals surface area (Å²) in [6.45, 7) is 0.728. The molecule has 0 bridgehead atoms. The Balaban J connectivity index is 0.00000264. The van der Waals surface area contributed by atoms with Gasteiger partial charge in [-0.05, 0) is 37.1 Å². The lowest BCUT2D eigenvalue weighted by atomic mass is 9.94. The highest BCUT2D eigenvalue weighted by Gasteiger charge is 2.23. The van der Waals surface area contributed by atoms with Gasteiger partial charge in [0, 0.05) is 18.2 Å². The first kappa shape index (κ1) is 19.4. The topological polar surface area (TPSA) is 59.6 Å². The maximum absolute atomic E-state index is 12.4. The van der Waals surface area contributed by atoms with Gasteiger partial charge in [0.1, 0.15) is 0 Å². The van der Waals surface area contributed by atoms with Crippen LogP contribution in [0.1, 0.15) is 23.7 Å². The van der Waals surface area contributed by atoms with Crippen LogP contribution in [-0.2, 0) is 0 Å². The lowest BCUT2D eigenvalue weighted by Crippen LogP contribution is -2.50. The molecule has 1 heterocycles. The van der Waals surface area contributed by atoms with Crippen molar-refractivity contribution >= 4 is 18.3 Å². The Labute approximate surface area is 140 Å². The zero-order valence-electron chi connectivity index (χ0n) is 13.0. The average molecular weight is 351 g/mol. The van der Waals surface area contributed by atoms with Gasteiger partial charge in [-0.1, -0.05) is 6.92 Å². The number of alkyl halides is 2. The molecule has 0 aromatic heterocycles. The smallest absolute Gasteiger partial charge is 0.387 e. The molecular formula is C15H21ClF2N2O3. The van der Waals surface area contributed by atoms with E-state index in [4.69, 9.17) is 4.74 Å². The molecule has 2 rings (SSSR count). The van der Waals surface area contributed by atoms with Crippen molar-refractivity contribution in [3.63, 3.8) is 0 Å². The normalized spacial score (nSPS) is 20.6. The van der Waals surface area contributed by atoms with Crippen molar-refractivity contribution in [3.05, 3.63) is 23.8 Å². The van der Waals surface area contributed by atoms with E-state index < -0.39 is 6.61 Å². The molecule has 1 aromatic rings. The number of piperidine rings is 1. The van der Waals surface area contributed by atoms with Crippen LogP contribution in [0.25, 0.3) is 0 Å². The fourth-order valence-corrected chi connectivity index (χ4v) is 2.44. The van der Waals surface area contributed by atoms with Gasteiger partial charge >= 0.3 is 6.61 Å². The molecule has 1 aliphatic heterocycles. The molecule has 2 N–H and O–H groups in total. The van der Waals surface area contributed by atoms with Gasteiger partial charge < -0.3 is 20.1 Å². The molecule has 2 atom stereocenters. The van der Waals surface area contributed by atoms with Crippen LogP contribution in [0, 0.1) is 5.92 Å². The third kappa shape index (κ3) is 5.21. The summed E-state index contributed by atoms with van der Waals surface area (Å²) in [7, 11) is 1.35. The minimum atomic E-state index is -2.98. The summed E-state index contributed by atoms with van der Waals surface area (Å²) in [6.07, 6.45) is 0.979. The van der Waals surface area contributed by atoms with E-state index in [0.717, 1.165) is 13.0 Å². The molecule has 8 heteroatoms. The summed E-state index contributed by atoms with van der Waals surface area (Å²) in [5.74, 6) is 0.0482. The van der Waals surface area contributed by atoms with Gasteiger partial charge in [-0.25, -0.2) is 0 Å². The van der Waals surface area contributed by atoms with Crippen molar-refractivity contribution in [3.8, 4) is 11.5 Å². The zero-order chi connectivity index (χ0) is 16.1. The van der Waals surface area contributed by atoms with E-state index in [1.54, 1.807) is 0 Å². The number of halogens is 3. The van der Waals surface area contributed by atoms with Crippen molar-refractivity contribution in [1.82, 2.24) is 10.6 Å². The first-order valence-corrected chi connectivity index (χ1v) is 7.15. The van der Waals surface area contributed by atoms with Crippen molar-refractivity contribution in [2.24, 2.45) is 5.92 Å². The van der Waals surface area contributed by atoms with Crippen molar-refractivity contribution < 1.29 is 23.0 Å². The Hall–Kier alpha value is -1.60. The molecule has 0 radical (unpaired) electrons. The van der Waals surface area contributed by atoms with Gasteiger partial charge in [-0.15, -0.1) is 12.4 Å². The molecule has 0 spiro atoms. The molecule has 130 valence electrons. The number of carbonyl (C=O) groups is 1. The van der Waals surface area contributed by atoms with Crippen LogP contribution in [0.4, 0.5) is 8.78 Å². The first-order valence-electron chi connectivity index (χ1n) is 7.15. The Morgan fingerprint density at radius 1 is 1.39 bits per heavy atom. The van der Waals surface area contributed by atoms with E-state index >= 15 is 0 Å². The highest BCUT2D eigenvalue weighted by molar-refractivity contribution is 5.95. The van der Waals surface area contributed by atoms with E-state index in [1.165, 1.54) is 25.3 Å². The van der Waals surface area contributed by atoms with E-state index in [9.17, 15) is 13.6 Å². The Bertz CT molecular complexity index is 531. The number of hydrogen-bond acceptors (Lipinski definition) is 4. The average Bonchev–Trinajstić information content (AvgIpc) is 2.49. The van der Waals surface area contributed by atoms with Gasteiger partial charge in [-0.3, -0.25) is 4.79 Å². The van der Waals surface area contributed by atoms with Crippen LogP contribution in [0.5, 0.6) is 11.5 Å². The summed E-state index contributed by atoms with van der Waals surface area (Å²) in [5.41, 5.74) is 0.259. The summed E-state index contributed by atoms with van der Waals surface area (Å²) in [5, 5.41) is 6.14. The summed E-state index contributed by atoms with van der Waals surface area (Å²) >= 11 is 0. The number of carbonyl (C=O) groups excluding carboxylic acids is 1. The van der Waals surface area contributed by atoms with Gasteiger partial charge in [0.25, 0.3) is 5.91 Å². The molecule has 0 aliphatic carbocycles. The molecule has 0 saturated carbocycles. The second-order valence-corrected chi connectivity index (χ2v) is 5.29. The fourth-order valence-electron chi connectivity index (χ4n) is 2.44. The predicted molar refractivity (Wildman–Crippen MR) is 84.8 cm³/mol. The van der Waals surface area contributed by atoms with Crippen LogP contribution in [-0.4, -0.2) is 38.8 Å². The van der Waals surface area contributed by atoms with Crippen molar-refractivity contribution in [1.29, 1.82) is 0 Å². The van der Waals surface area contributed by atoms with Crippen molar-refractivity contribution in [2.45, 2.75) is 26.0 Å². The Kier molecular flexibility index (Phi) is 7.51. The summed E-state index contributed by atoms with van der Waals surface area (Å²) in [6, 6.07) is 4.24. The van der Waals surface area contributed by atoms with Gasteiger partial charge in [0.15, 0.2) is 11.5 Å². The monoisotopic (exact) mass is 350 g/mol. The number of amides is 1. The summed E-state index contributed by atoms with van der Waals surface area (Å²) in [4.78, 5) is 12.3. The summed E-state index contributed by atoms with van der Waals surface area (Å²) < 4.78 is 34.1. The zero-order valence-corrected chi connectivity index (χ0v) is 13.8. The molecule has 23 heavy (non-hydrogen) atoms. The maximum atomic E-state index is 12.4. The highest BCUT2D eigenvalue weighted by Crippen LogP contribution is 2.29. The largest absolute Gasteiger partial charge is 0.493 e. The molecular weight excluding hydrogens is 330 g/mol. The van der Waals surface area contributed by atoms with E-state index in [2.05, 4.69) is 22.3 Å². The fraction of sp³-hybridized carbons (Fsp3) is 0.533. The molecule has 1 aromatic carbocycles. The van der Waals surface area contributed by atoms with E-state index in [0.29, 0.717) is 12.5 Å². The van der Waals surface area contributed by atoms with Crippen LogP contribution in [0.3, 0.4) is 0 Å². The first-order chi connectivity index (χ1) is 10.5. The molecule has 2 unspecified atom stereocenters. The maximum Gasteiger partial charge on any atom is 0.387 e. The molecule has 1 fully saturated rings. The number of methoxy groups -OCH3 is 1. The minimum absolute atomic E-state index is 0. The van der Waals surface area contributed by atoms with Crippen LogP contribution in [0.15, 0.2) is 18.2 Å². The molecule has 1 aliphatic rings. The minimum Gasteiger partial charge on any atom is -0.493 e. The lowest BCUT2D eigenvalue weighted by molar-refractivity contribution is -0.0512. The second-order valence-electron chi connectivity index (χ2n) is 5.29. The van der Waals surface area contributed by atoms with Gasteiger partial charge in [0.2, 0.25) is 0 Å². The van der Waals surface area contributed by atoms with E-state index in [1.807, 2.05) is 0 Å². The van der Waals surface area contributed by atoms with Crippen molar-refractivity contribution in [2.75, 3.05) is 20.2 Å². The lowest BCUT2D eigenvalue weighted by Gasteiger charge is -2.30. The Morgan fingerprint density at radius 3 is 2.74 bits per heavy atom. The quantitative estimate of drug-likeness (QED) is 0.856. The number of benzene rings is 1. The number of rotatable bonds is 5. The SMILES string of the molecule is COc1ccc(C(=O)NC2CNCCC2C)cc1OC(F)F.Cl.